The molecule has 12 heteroatoms. The molecule has 0 fully saturated rings. The van der Waals surface area contributed by atoms with Gasteiger partial charge in [-0.15, -0.1) is 0 Å². The van der Waals surface area contributed by atoms with Crippen LogP contribution in [-0.2, 0) is 21.4 Å². The minimum atomic E-state index is -4.49. The van der Waals surface area contributed by atoms with Gasteiger partial charge >= 0.3 is 6.18 Å². The molecule has 0 aliphatic heterocycles. The Morgan fingerprint density at radius 3 is 2.31 bits per heavy atom. The van der Waals surface area contributed by atoms with E-state index in [0.29, 0.717) is 6.54 Å². The molecule has 0 bridgehead atoms. The van der Waals surface area contributed by atoms with Gasteiger partial charge in [0.15, 0.2) is 0 Å². The van der Waals surface area contributed by atoms with Crippen LogP contribution in [0.25, 0.3) is 0 Å². The Balaban J connectivity index is 1.96. The summed E-state index contributed by atoms with van der Waals surface area (Å²) in [4.78, 5) is 25.9. The lowest BCUT2D eigenvalue weighted by Gasteiger charge is -2.24. The van der Waals surface area contributed by atoms with Crippen molar-refractivity contribution >= 4 is 27.5 Å². The summed E-state index contributed by atoms with van der Waals surface area (Å²) in [6.07, 6.45) is -4.49. The number of carbonyl (C=O) groups excluding carboxylic acids is 2. The number of sulfonamides is 1. The minimum Gasteiger partial charge on any atom is -0.343 e. The smallest absolute Gasteiger partial charge is 0.343 e. The van der Waals surface area contributed by atoms with Gasteiger partial charge in [-0.05, 0) is 49.9 Å². The second-order valence-electron chi connectivity index (χ2n) is 7.15. The van der Waals surface area contributed by atoms with Gasteiger partial charge in [-0.1, -0.05) is 18.2 Å². The predicted octanol–water partition coefficient (Wildman–Crippen LogP) is 2.09. The largest absolute Gasteiger partial charge is 0.405 e. The SMILES string of the molecule is CC(C(=O)Nc1cccc(S(N)(=O)=O)c1)N(C)Cc1ccc(C(=O)NCC(F)(F)F)cc1. The highest BCUT2D eigenvalue weighted by Crippen LogP contribution is 2.16. The summed E-state index contributed by atoms with van der Waals surface area (Å²) in [5.41, 5.74) is 1.09. The van der Waals surface area contributed by atoms with Crippen molar-refractivity contribution in [2.24, 2.45) is 5.14 Å². The molecule has 1 atom stereocenters. The summed E-state index contributed by atoms with van der Waals surface area (Å²) in [5.74, 6) is -1.22. The highest BCUT2D eigenvalue weighted by atomic mass is 32.2. The fourth-order valence-corrected chi connectivity index (χ4v) is 3.23. The van der Waals surface area contributed by atoms with E-state index in [1.807, 2.05) is 0 Å². The molecule has 0 saturated heterocycles. The maximum Gasteiger partial charge on any atom is 0.405 e. The van der Waals surface area contributed by atoms with Gasteiger partial charge in [0.25, 0.3) is 5.91 Å². The number of hydrogen-bond donors (Lipinski definition) is 3. The van der Waals surface area contributed by atoms with Crippen LogP contribution in [0, 0.1) is 0 Å². The number of primary sulfonamides is 1. The Morgan fingerprint density at radius 2 is 1.75 bits per heavy atom. The second-order valence-corrected chi connectivity index (χ2v) is 8.71. The van der Waals surface area contributed by atoms with E-state index in [2.05, 4.69) is 5.32 Å². The Hall–Kier alpha value is -2.96. The van der Waals surface area contributed by atoms with E-state index in [9.17, 15) is 31.2 Å². The summed E-state index contributed by atoms with van der Waals surface area (Å²) >= 11 is 0. The number of anilines is 1. The average Bonchev–Trinajstić information content (AvgIpc) is 2.71. The molecule has 4 N–H and O–H groups in total. The molecule has 0 saturated carbocycles. The molecule has 2 amide bonds. The van der Waals surface area contributed by atoms with Crippen LogP contribution in [0.15, 0.2) is 53.4 Å². The number of alkyl halides is 3. The van der Waals surface area contributed by atoms with Gasteiger partial charge in [0.1, 0.15) is 6.54 Å². The maximum atomic E-state index is 12.5. The number of rotatable bonds is 8. The highest BCUT2D eigenvalue weighted by molar-refractivity contribution is 7.89. The van der Waals surface area contributed by atoms with Crippen LogP contribution in [0.3, 0.4) is 0 Å². The zero-order chi connectivity index (χ0) is 24.1. The lowest BCUT2D eigenvalue weighted by Crippen LogP contribution is -2.39. The van der Waals surface area contributed by atoms with E-state index >= 15 is 0 Å². The number of benzene rings is 2. The van der Waals surface area contributed by atoms with Gasteiger partial charge < -0.3 is 10.6 Å². The number of nitrogens with zero attached hydrogens (tertiary/aromatic N) is 1. The number of carbonyl (C=O) groups is 2. The van der Waals surface area contributed by atoms with Crippen LogP contribution in [0.2, 0.25) is 0 Å². The fourth-order valence-electron chi connectivity index (χ4n) is 2.67. The van der Waals surface area contributed by atoms with Gasteiger partial charge in [0, 0.05) is 17.8 Å². The van der Waals surface area contributed by atoms with Crippen LogP contribution in [0.5, 0.6) is 0 Å². The summed E-state index contributed by atoms with van der Waals surface area (Å²) in [5, 5.41) is 9.51. The van der Waals surface area contributed by atoms with Gasteiger partial charge in [0.2, 0.25) is 15.9 Å². The van der Waals surface area contributed by atoms with Gasteiger partial charge in [-0.2, -0.15) is 13.2 Å². The summed E-state index contributed by atoms with van der Waals surface area (Å²) < 4.78 is 59.5. The molecular formula is C20H23F3N4O4S. The predicted molar refractivity (Wildman–Crippen MR) is 112 cm³/mol. The third-order valence-corrected chi connectivity index (χ3v) is 5.48. The Bertz CT molecular complexity index is 1070. The average molecular weight is 472 g/mol. The van der Waals surface area contributed by atoms with Crippen molar-refractivity contribution in [2.45, 2.75) is 30.6 Å². The molecule has 1 unspecified atom stereocenters. The number of likely N-dealkylation sites (N-methyl/N-ethyl adjacent to an activating group) is 1. The number of nitrogens with two attached hydrogens (primary N) is 1. The van der Waals surface area contributed by atoms with Crippen molar-refractivity contribution in [3.05, 3.63) is 59.7 Å². The number of nitrogens with one attached hydrogen (secondary N) is 2. The summed E-state index contributed by atoms with van der Waals surface area (Å²) in [6.45, 7) is 0.553. The fraction of sp³-hybridized carbons (Fsp3) is 0.300. The van der Waals surface area contributed by atoms with Crippen LogP contribution in [-0.4, -0.2) is 50.9 Å². The number of amides is 2. The van der Waals surface area contributed by atoms with Crippen molar-refractivity contribution in [2.75, 3.05) is 18.9 Å². The Morgan fingerprint density at radius 1 is 1.12 bits per heavy atom. The molecule has 2 aromatic carbocycles. The second kappa shape index (κ2) is 10.1. The number of halogens is 3. The highest BCUT2D eigenvalue weighted by Gasteiger charge is 2.28. The van der Waals surface area contributed by atoms with Crippen molar-refractivity contribution < 1.29 is 31.2 Å². The monoisotopic (exact) mass is 472 g/mol. The van der Waals surface area contributed by atoms with Gasteiger partial charge in [-0.25, -0.2) is 13.6 Å². The molecule has 0 aromatic heterocycles. The van der Waals surface area contributed by atoms with Gasteiger partial charge in [0.05, 0.1) is 10.9 Å². The first-order valence-electron chi connectivity index (χ1n) is 9.34. The van der Waals surface area contributed by atoms with E-state index in [4.69, 9.17) is 5.14 Å². The Kier molecular flexibility index (Phi) is 7.99. The molecule has 32 heavy (non-hydrogen) atoms. The van der Waals surface area contributed by atoms with Crippen LogP contribution in [0.1, 0.15) is 22.8 Å². The molecule has 2 aromatic rings. The summed E-state index contributed by atoms with van der Waals surface area (Å²) in [6, 6.07) is 10.9. The topological polar surface area (TPSA) is 122 Å². The molecule has 0 heterocycles. The third-order valence-electron chi connectivity index (χ3n) is 4.57. The van der Waals surface area contributed by atoms with E-state index in [-0.39, 0.29) is 22.1 Å². The van der Waals surface area contributed by atoms with Crippen LogP contribution < -0.4 is 15.8 Å². The first-order valence-corrected chi connectivity index (χ1v) is 10.9. The molecule has 174 valence electrons. The van der Waals surface area contributed by atoms with E-state index < -0.39 is 34.7 Å². The third kappa shape index (κ3) is 7.62. The van der Waals surface area contributed by atoms with E-state index in [1.54, 1.807) is 36.3 Å². The molecule has 0 spiro atoms. The Labute approximate surface area is 183 Å². The van der Waals surface area contributed by atoms with E-state index in [1.165, 1.54) is 36.4 Å². The van der Waals surface area contributed by atoms with Crippen molar-refractivity contribution in [3.63, 3.8) is 0 Å². The molecular weight excluding hydrogens is 449 g/mol. The minimum absolute atomic E-state index is 0.0844. The molecule has 0 aliphatic rings. The quantitative estimate of drug-likeness (QED) is 0.543. The number of hydrogen-bond acceptors (Lipinski definition) is 5. The van der Waals surface area contributed by atoms with Crippen LogP contribution in [0.4, 0.5) is 18.9 Å². The first-order chi connectivity index (χ1) is 14.8. The molecule has 8 nitrogen and oxygen atoms in total. The normalized spacial score (nSPS) is 13.0. The molecule has 0 aliphatic carbocycles. The van der Waals surface area contributed by atoms with Crippen LogP contribution >= 0.6 is 0 Å². The first kappa shape index (κ1) is 25.3. The molecule has 0 radical (unpaired) electrons. The van der Waals surface area contributed by atoms with E-state index in [0.717, 1.165) is 5.56 Å². The van der Waals surface area contributed by atoms with Crippen molar-refractivity contribution in [1.82, 2.24) is 10.2 Å². The van der Waals surface area contributed by atoms with Gasteiger partial charge in [-0.3, -0.25) is 14.5 Å². The van der Waals surface area contributed by atoms with Crippen molar-refractivity contribution in [1.29, 1.82) is 0 Å². The lowest BCUT2D eigenvalue weighted by atomic mass is 10.1. The summed E-state index contributed by atoms with van der Waals surface area (Å²) in [7, 11) is -2.22. The lowest BCUT2D eigenvalue weighted by molar-refractivity contribution is -0.123. The van der Waals surface area contributed by atoms with Crippen molar-refractivity contribution in [3.8, 4) is 0 Å². The standard InChI is InChI=1S/C20H23F3N4O4S/c1-13(18(28)26-16-4-3-5-17(10-16)32(24,30)31)27(2)11-14-6-8-15(9-7-14)19(29)25-12-20(21,22)23/h3-10,13H,11-12H2,1-2H3,(H,25,29)(H,26,28)(H2,24,30,31). The zero-order valence-corrected chi connectivity index (χ0v) is 18.1. The maximum absolute atomic E-state index is 12.5. The molecule has 2 rings (SSSR count). The zero-order valence-electron chi connectivity index (χ0n) is 17.3.